The number of hydrogen-bond donors (Lipinski definition) is 3. The van der Waals surface area contributed by atoms with Gasteiger partial charge in [0.2, 0.25) is 17.7 Å². The van der Waals surface area contributed by atoms with Gasteiger partial charge in [0, 0.05) is 42.8 Å². The highest BCUT2D eigenvalue weighted by molar-refractivity contribution is 6.06. The lowest BCUT2D eigenvalue weighted by atomic mass is 10.0. The molecule has 0 saturated carbocycles. The number of halogens is 1. The molecule has 4 amide bonds. The minimum Gasteiger partial charge on any atom is -0.378 e. The molecule has 3 aliphatic rings. The Morgan fingerprint density at radius 2 is 1.88 bits per heavy atom. The highest BCUT2D eigenvalue weighted by Crippen LogP contribution is 2.32. The molecule has 3 heterocycles. The van der Waals surface area contributed by atoms with Crippen molar-refractivity contribution < 1.29 is 23.9 Å². The van der Waals surface area contributed by atoms with E-state index in [2.05, 4.69) is 16.0 Å². The molecule has 10 heteroatoms. The van der Waals surface area contributed by atoms with Crippen molar-refractivity contribution in [1.29, 1.82) is 0 Å². The van der Waals surface area contributed by atoms with E-state index in [1.54, 1.807) is 18.2 Å². The Hall–Kier alpha value is -2.49. The molecule has 1 unspecified atom stereocenters. The molecule has 3 aliphatic heterocycles. The largest absolute Gasteiger partial charge is 0.378 e. The normalized spacial score (nSPS) is 20.5. The fourth-order valence-corrected chi connectivity index (χ4v) is 4.69. The van der Waals surface area contributed by atoms with E-state index in [4.69, 9.17) is 4.74 Å². The number of carbonyl (C=O) groups excluding carboxylic acids is 4. The molecular weight excluding hydrogens is 460 g/mol. The van der Waals surface area contributed by atoms with Gasteiger partial charge in [-0.15, -0.1) is 12.4 Å². The molecule has 1 aromatic carbocycles. The first-order chi connectivity index (χ1) is 16.0. The summed E-state index contributed by atoms with van der Waals surface area (Å²) in [6, 6.07) is 4.56. The molecule has 186 valence electrons. The van der Waals surface area contributed by atoms with Crippen LogP contribution in [0.1, 0.15) is 67.3 Å². The number of fused-ring (bicyclic) bond motifs is 1. The monoisotopic (exact) mass is 492 g/mol. The maximum absolute atomic E-state index is 12.9. The summed E-state index contributed by atoms with van der Waals surface area (Å²) in [5, 5.41) is 8.56. The summed E-state index contributed by atoms with van der Waals surface area (Å²) in [4.78, 5) is 50.5. The average Bonchev–Trinajstić information content (AvgIpc) is 3.14. The molecule has 34 heavy (non-hydrogen) atoms. The van der Waals surface area contributed by atoms with E-state index >= 15 is 0 Å². The Morgan fingerprint density at radius 3 is 2.65 bits per heavy atom. The van der Waals surface area contributed by atoms with Crippen molar-refractivity contribution >= 4 is 41.7 Å². The van der Waals surface area contributed by atoms with Gasteiger partial charge in [0.15, 0.2) is 0 Å². The number of unbranched alkanes of at least 4 members (excludes halogenated alkanes) is 2. The van der Waals surface area contributed by atoms with Crippen molar-refractivity contribution in [3.05, 3.63) is 29.3 Å². The number of ether oxygens (including phenoxy) is 1. The smallest absolute Gasteiger partial charge is 0.255 e. The van der Waals surface area contributed by atoms with E-state index in [1.165, 1.54) is 4.90 Å². The summed E-state index contributed by atoms with van der Waals surface area (Å²) >= 11 is 0. The summed E-state index contributed by atoms with van der Waals surface area (Å²) in [6.45, 7) is 3.01. The van der Waals surface area contributed by atoms with Gasteiger partial charge in [-0.05, 0) is 57.3 Å². The minimum atomic E-state index is -0.668. The van der Waals surface area contributed by atoms with E-state index in [1.807, 2.05) is 0 Å². The van der Waals surface area contributed by atoms with Gasteiger partial charge < -0.3 is 20.3 Å². The van der Waals surface area contributed by atoms with Crippen molar-refractivity contribution in [2.24, 2.45) is 0 Å². The van der Waals surface area contributed by atoms with Crippen LogP contribution in [0, 0.1) is 0 Å². The van der Waals surface area contributed by atoms with Crippen LogP contribution in [-0.2, 0) is 25.7 Å². The van der Waals surface area contributed by atoms with Crippen LogP contribution in [0.15, 0.2) is 18.2 Å². The van der Waals surface area contributed by atoms with Crippen molar-refractivity contribution in [3.8, 4) is 0 Å². The standard InChI is InChI=1S/C24H32N4O5.ClH/c29-21(7-2-1-3-14-33-16-10-12-25-13-11-16)26-19-6-4-5-17-18(19)15-28(24(17)32)20-8-9-22(30)27-23(20)31;/h4-6,16,20,25H,1-3,7-15H2,(H,26,29)(H,27,30,31);1H. The molecule has 0 aliphatic carbocycles. The Labute approximate surface area is 205 Å². The third-order valence-electron chi connectivity index (χ3n) is 6.54. The third-order valence-corrected chi connectivity index (χ3v) is 6.54. The van der Waals surface area contributed by atoms with E-state index in [0.717, 1.165) is 57.4 Å². The van der Waals surface area contributed by atoms with Gasteiger partial charge >= 0.3 is 0 Å². The molecular formula is C24H33ClN4O5. The number of rotatable bonds is 9. The highest BCUT2D eigenvalue weighted by Gasteiger charge is 2.39. The van der Waals surface area contributed by atoms with Gasteiger partial charge in [0.05, 0.1) is 6.10 Å². The van der Waals surface area contributed by atoms with E-state index < -0.39 is 11.9 Å². The van der Waals surface area contributed by atoms with Gasteiger partial charge in [0.25, 0.3) is 5.91 Å². The first kappa shape index (κ1) is 26.1. The highest BCUT2D eigenvalue weighted by atomic mass is 35.5. The molecule has 0 bridgehead atoms. The number of piperidine rings is 2. The zero-order valence-electron chi connectivity index (χ0n) is 19.3. The topological polar surface area (TPSA) is 117 Å². The van der Waals surface area contributed by atoms with Crippen molar-refractivity contribution in [1.82, 2.24) is 15.5 Å². The molecule has 2 fully saturated rings. The van der Waals surface area contributed by atoms with Crippen molar-refractivity contribution in [3.63, 3.8) is 0 Å². The third kappa shape index (κ3) is 6.34. The number of carbonyl (C=O) groups is 4. The van der Waals surface area contributed by atoms with Gasteiger partial charge in [-0.3, -0.25) is 24.5 Å². The van der Waals surface area contributed by atoms with Gasteiger partial charge in [-0.2, -0.15) is 0 Å². The lowest BCUT2D eigenvalue weighted by Crippen LogP contribution is -2.52. The summed E-state index contributed by atoms with van der Waals surface area (Å²) in [6.07, 6.45) is 6.05. The number of amides is 4. The van der Waals surface area contributed by atoms with Crippen LogP contribution in [-0.4, -0.2) is 60.4 Å². The second-order valence-corrected chi connectivity index (χ2v) is 8.91. The molecule has 2 saturated heterocycles. The molecule has 1 aromatic rings. The SMILES string of the molecule is Cl.O=C1CCC(N2Cc3c(NC(=O)CCCCCOC4CCNCC4)cccc3C2=O)C(=O)N1. The quantitative estimate of drug-likeness (QED) is 0.359. The minimum absolute atomic E-state index is 0. The second-order valence-electron chi connectivity index (χ2n) is 8.91. The van der Waals surface area contributed by atoms with Crippen LogP contribution in [0.4, 0.5) is 5.69 Å². The lowest BCUT2D eigenvalue weighted by Gasteiger charge is -2.29. The molecule has 1 atom stereocenters. The fraction of sp³-hybridized carbons (Fsp3) is 0.583. The lowest BCUT2D eigenvalue weighted by molar-refractivity contribution is -0.137. The maximum atomic E-state index is 12.9. The van der Waals surface area contributed by atoms with E-state index in [9.17, 15) is 19.2 Å². The number of benzene rings is 1. The van der Waals surface area contributed by atoms with Gasteiger partial charge in [-0.25, -0.2) is 0 Å². The number of imide groups is 1. The Morgan fingerprint density at radius 1 is 1.09 bits per heavy atom. The zero-order valence-corrected chi connectivity index (χ0v) is 20.1. The van der Waals surface area contributed by atoms with Crippen LogP contribution < -0.4 is 16.0 Å². The second kappa shape index (κ2) is 12.3. The van der Waals surface area contributed by atoms with Crippen LogP contribution >= 0.6 is 12.4 Å². The summed E-state index contributed by atoms with van der Waals surface area (Å²) in [5.74, 6) is -1.09. The molecule has 9 nitrogen and oxygen atoms in total. The molecule has 0 radical (unpaired) electrons. The van der Waals surface area contributed by atoms with Crippen LogP contribution in [0.3, 0.4) is 0 Å². The van der Waals surface area contributed by atoms with Crippen LogP contribution in [0.2, 0.25) is 0 Å². The zero-order chi connectivity index (χ0) is 23.2. The first-order valence-corrected chi connectivity index (χ1v) is 11.9. The summed E-state index contributed by atoms with van der Waals surface area (Å²) in [5.41, 5.74) is 1.82. The molecule has 0 aromatic heterocycles. The maximum Gasteiger partial charge on any atom is 0.255 e. The predicted octanol–water partition coefficient (Wildman–Crippen LogP) is 2.14. The fourth-order valence-electron chi connectivity index (χ4n) is 4.69. The van der Waals surface area contributed by atoms with Crippen molar-refractivity contribution in [2.45, 2.75) is 70.1 Å². The van der Waals surface area contributed by atoms with E-state index in [-0.39, 0.29) is 43.1 Å². The summed E-state index contributed by atoms with van der Waals surface area (Å²) < 4.78 is 5.90. The van der Waals surface area contributed by atoms with Crippen LogP contribution in [0.25, 0.3) is 0 Å². The summed E-state index contributed by atoms with van der Waals surface area (Å²) in [7, 11) is 0. The number of anilines is 1. The Balaban J connectivity index is 0.00000324. The average molecular weight is 493 g/mol. The Kier molecular flexibility index (Phi) is 9.44. The number of nitrogens with zero attached hydrogens (tertiary/aromatic N) is 1. The first-order valence-electron chi connectivity index (χ1n) is 11.9. The molecule has 4 rings (SSSR count). The number of hydrogen-bond acceptors (Lipinski definition) is 6. The molecule has 3 N–H and O–H groups in total. The van der Waals surface area contributed by atoms with Gasteiger partial charge in [-0.1, -0.05) is 12.5 Å². The van der Waals surface area contributed by atoms with Gasteiger partial charge in [0.1, 0.15) is 6.04 Å². The Bertz CT molecular complexity index is 919. The predicted molar refractivity (Wildman–Crippen MR) is 129 cm³/mol. The molecule has 0 spiro atoms. The van der Waals surface area contributed by atoms with Crippen LogP contribution in [0.5, 0.6) is 0 Å². The van der Waals surface area contributed by atoms with E-state index in [0.29, 0.717) is 30.2 Å². The van der Waals surface area contributed by atoms with Crippen molar-refractivity contribution in [2.75, 3.05) is 25.0 Å². The number of nitrogens with one attached hydrogen (secondary N) is 3.